The van der Waals surface area contributed by atoms with Crippen LogP contribution in [0.5, 0.6) is 0 Å². The molecule has 13 heavy (non-hydrogen) atoms. The lowest BCUT2D eigenvalue weighted by Gasteiger charge is -1.99. The zero-order valence-electron chi connectivity index (χ0n) is 7.10. The van der Waals surface area contributed by atoms with Crippen LogP contribution in [0.2, 0.25) is 0 Å². The van der Waals surface area contributed by atoms with E-state index in [4.69, 9.17) is 5.11 Å². The van der Waals surface area contributed by atoms with Gasteiger partial charge in [-0.1, -0.05) is 43.0 Å². The number of aliphatic carboxylic acids is 1. The van der Waals surface area contributed by atoms with Crippen LogP contribution < -0.4 is 0 Å². The second-order valence-corrected chi connectivity index (χ2v) is 2.49. The molecule has 1 aromatic rings. The van der Waals surface area contributed by atoms with Crippen LogP contribution in [0.15, 0.2) is 49.1 Å². The molecule has 0 aliphatic carbocycles. The first-order chi connectivity index (χ1) is 6.25. The van der Waals surface area contributed by atoms with E-state index < -0.39 is 5.97 Å². The normalized spacial score (nSPS) is 10.9. The van der Waals surface area contributed by atoms with Gasteiger partial charge < -0.3 is 5.11 Å². The molecule has 0 aliphatic rings. The molecule has 2 nitrogen and oxygen atoms in total. The lowest BCUT2D eigenvalue weighted by Crippen LogP contribution is -1.98. The molecule has 0 saturated heterocycles. The summed E-state index contributed by atoms with van der Waals surface area (Å²) in [4.78, 5) is 10.8. The summed E-state index contributed by atoms with van der Waals surface area (Å²) in [6.07, 6.45) is 2.95. The predicted octanol–water partition coefficient (Wildman–Crippen LogP) is 2.34. The number of hydrogen-bond acceptors (Lipinski definition) is 1. The van der Waals surface area contributed by atoms with Gasteiger partial charge in [-0.3, -0.25) is 0 Å². The molecule has 0 bridgehead atoms. The summed E-state index contributed by atoms with van der Waals surface area (Å²) >= 11 is 0. The Bertz CT molecular complexity index is 336. The Morgan fingerprint density at radius 3 is 2.38 bits per heavy atom. The highest BCUT2D eigenvalue weighted by molar-refractivity contribution is 6.15. The fourth-order valence-electron chi connectivity index (χ4n) is 1.03. The lowest BCUT2D eigenvalue weighted by atomic mass is 10.1. The zero-order valence-corrected chi connectivity index (χ0v) is 7.10. The van der Waals surface area contributed by atoms with Crippen molar-refractivity contribution in [2.45, 2.75) is 0 Å². The van der Waals surface area contributed by atoms with Gasteiger partial charge in [0.15, 0.2) is 0 Å². The van der Waals surface area contributed by atoms with E-state index in [2.05, 4.69) is 6.58 Å². The van der Waals surface area contributed by atoms with Crippen LogP contribution in [0.1, 0.15) is 5.56 Å². The number of carboxylic acids is 1. The van der Waals surface area contributed by atoms with Crippen molar-refractivity contribution in [2.24, 2.45) is 0 Å². The molecule has 1 aromatic carbocycles. The number of carbonyl (C=O) groups is 1. The van der Waals surface area contributed by atoms with Gasteiger partial charge in [0.05, 0.1) is 5.57 Å². The molecule has 66 valence electrons. The monoisotopic (exact) mass is 174 g/mol. The minimum Gasteiger partial charge on any atom is -0.478 e. The first-order valence-corrected chi connectivity index (χ1v) is 3.87. The van der Waals surface area contributed by atoms with Crippen molar-refractivity contribution in [1.29, 1.82) is 0 Å². The molecule has 0 radical (unpaired) electrons. The van der Waals surface area contributed by atoms with E-state index in [0.29, 0.717) is 5.56 Å². The summed E-state index contributed by atoms with van der Waals surface area (Å²) in [5.41, 5.74) is 0.950. The Labute approximate surface area is 76.8 Å². The first-order valence-electron chi connectivity index (χ1n) is 3.87. The minimum atomic E-state index is -0.939. The van der Waals surface area contributed by atoms with Crippen LogP contribution in [0.25, 0.3) is 5.57 Å². The Morgan fingerprint density at radius 2 is 1.92 bits per heavy atom. The van der Waals surface area contributed by atoms with Gasteiger partial charge in [-0.25, -0.2) is 4.79 Å². The summed E-state index contributed by atoms with van der Waals surface area (Å²) in [5, 5.41) is 8.84. The van der Waals surface area contributed by atoms with Gasteiger partial charge in [0, 0.05) is 0 Å². The molecule has 0 spiro atoms. The highest BCUT2D eigenvalue weighted by Gasteiger charge is 2.07. The Hall–Kier alpha value is -1.83. The highest BCUT2D eigenvalue weighted by atomic mass is 16.4. The van der Waals surface area contributed by atoms with Gasteiger partial charge in [-0.2, -0.15) is 0 Å². The molecule has 1 rings (SSSR count). The summed E-state index contributed by atoms with van der Waals surface area (Å²) in [7, 11) is 0. The molecule has 0 aliphatic heterocycles. The fourth-order valence-corrected chi connectivity index (χ4v) is 1.03. The van der Waals surface area contributed by atoms with Gasteiger partial charge >= 0.3 is 5.97 Å². The van der Waals surface area contributed by atoms with Gasteiger partial charge in [-0.15, -0.1) is 0 Å². The van der Waals surface area contributed by atoms with E-state index in [1.54, 1.807) is 24.3 Å². The van der Waals surface area contributed by atoms with Crippen LogP contribution in [0.4, 0.5) is 0 Å². The number of carboxylic acid groups (broad SMARTS) is 1. The predicted molar refractivity (Wildman–Crippen MR) is 52.3 cm³/mol. The largest absolute Gasteiger partial charge is 0.478 e. The Kier molecular flexibility index (Phi) is 3.03. The summed E-state index contributed by atoms with van der Waals surface area (Å²) in [5.74, 6) is -0.939. The second-order valence-electron chi connectivity index (χ2n) is 2.49. The first kappa shape index (κ1) is 9.26. The molecule has 0 amide bonds. The van der Waals surface area contributed by atoms with Crippen LogP contribution >= 0.6 is 0 Å². The van der Waals surface area contributed by atoms with Gasteiger partial charge in [0.25, 0.3) is 0 Å². The zero-order chi connectivity index (χ0) is 9.68. The standard InChI is InChI=1S/C11H10O2/c1-2-6-10(11(12)13)9-7-4-3-5-8-9/h2-8H,1H2,(H,12,13). The van der Waals surface area contributed by atoms with Crippen molar-refractivity contribution in [1.82, 2.24) is 0 Å². The number of benzene rings is 1. The molecular weight excluding hydrogens is 164 g/mol. The van der Waals surface area contributed by atoms with Crippen molar-refractivity contribution >= 4 is 11.5 Å². The van der Waals surface area contributed by atoms with E-state index in [0.717, 1.165) is 0 Å². The number of allylic oxidation sites excluding steroid dienone is 2. The third kappa shape index (κ3) is 2.30. The molecule has 0 unspecified atom stereocenters. The maximum Gasteiger partial charge on any atom is 0.336 e. The summed E-state index contributed by atoms with van der Waals surface area (Å²) in [6, 6.07) is 8.95. The third-order valence-corrected chi connectivity index (χ3v) is 1.60. The van der Waals surface area contributed by atoms with Crippen molar-refractivity contribution < 1.29 is 9.90 Å². The second kappa shape index (κ2) is 4.26. The van der Waals surface area contributed by atoms with Crippen molar-refractivity contribution in [3.63, 3.8) is 0 Å². The lowest BCUT2D eigenvalue weighted by molar-refractivity contribution is -0.130. The third-order valence-electron chi connectivity index (χ3n) is 1.60. The molecule has 0 atom stereocenters. The summed E-state index contributed by atoms with van der Waals surface area (Å²) in [6.45, 7) is 3.47. The molecule has 1 N–H and O–H groups in total. The van der Waals surface area contributed by atoms with E-state index in [9.17, 15) is 4.79 Å². The summed E-state index contributed by atoms with van der Waals surface area (Å²) < 4.78 is 0. The van der Waals surface area contributed by atoms with Gasteiger partial charge in [-0.05, 0) is 11.6 Å². The van der Waals surface area contributed by atoms with Crippen molar-refractivity contribution in [3.8, 4) is 0 Å². The van der Waals surface area contributed by atoms with Gasteiger partial charge in [0.1, 0.15) is 0 Å². The van der Waals surface area contributed by atoms with Crippen LogP contribution in [0.3, 0.4) is 0 Å². The van der Waals surface area contributed by atoms with E-state index in [1.807, 2.05) is 6.07 Å². The number of rotatable bonds is 3. The maximum absolute atomic E-state index is 10.8. The Morgan fingerprint density at radius 1 is 1.31 bits per heavy atom. The Balaban J connectivity index is 3.10. The fraction of sp³-hybridized carbons (Fsp3) is 0. The topological polar surface area (TPSA) is 37.3 Å². The van der Waals surface area contributed by atoms with E-state index in [-0.39, 0.29) is 5.57 Å². The number of hydrogen-bond donors (Lipinski definition) is 1. The molecule has 0 aromatic heterocycles. The quantitative estimate of drug-likeness (QED) is 0.564. The van der Waals surface area contributed by atoms with Gasteiger partial charge in [0.2, 0.25) is 0 Å². The van der Waals surface area contributed by atoms with E-state index >= 15 is 0 Å². The molecule has 0 saturated carbocycles. The molecular formula is C11H10O2. The smallest absolute Gasteiger partial charge is 0.336 e. The average molecular weight is 174 g/mol. The maximum atomic E-state index is 10.8. The van der Waals surface area contributed by atoms with Crippen LogP contribution in [-0.2, 0) is 4.79 Å². The average Bonchev–Trinajstić information content (AvgIpc) is 2.15. The molecule has 2 heteroatoms. The molecule has 0 fully saturated rings. The van der Waals surface area contributed by atoms with Crippen LogP contribution in [-0.4, -0.2) is 11.1 Å². The van der Waals surface area contributed by atoms with Crippen molar-refractivity contribution in [3.05, 3.63) is 54.6 Å². The SMILES string of the molecule is C=CC=C(C(=O)O)c1ccccc1. The van der Waals surface area contributed by atoms with Crippen molar-refractivity contribution in [2.75, 3.05) is 0 Å². The highest BCUT2D eigenvalue weighted by Crippen LogP contribution is 2.13. The minimum absolute atomic E-state index is 0.260. The molecule has 0 heterocycles. The van der Waals surface area contributed by atoms with E-state index in [1.165, 1.54) is 12.2 Å². The van der Waals surface area contributed by atoms with Crippen LogP contribution in [0, 0.1) is 0 Å².